The molecule has 0 fully saturated rings. The van der Waals surface area contributed by atoms with Gasteiger partial charge in [-0.15, -0.1) is 16.4 Å². The molecule has 2 aromatic carbocycles. The van der Waals surface area contributed by atoms with E-state index >= 15 is 0 Å². The van der Waals surface area contributed by atoms with Crippen molar-refractivity contribution in [3.63, 3.8) is 0 Å². The van der Waals surface area contributed by atoms with Gasteiger partial charge in [0, 0.05) is 18.1 Å². The van der Waals surface area contributed by atoms with Crippen molar-refractivity contribution < 1.29 is 4.79 Å². The summed E-state index contributed by atoms with van der Waals surface area (Å²) in [4.78, 5) is 17.5. The van der Waals surface area contributed by atoms with E-state index < -0.39 is 0 Å². The Morgan fingerprint density at radius 2 is 1.93 bits per heavy atom. The van der Waals surface area contributed by atoms with Gasteiger partial charge in [0.1, 0.15) is 0 Å². The number of thiazole rings is 1. The van der Waals surface area contributed by atoms with Crippen molar-refractivity contribution in [1.82, 2.24) is 24.8 Å². The van der Waals surface area contributed by atoms with Crippen LogP contribution >= 0.6 is 23.1 Å². The van der Waals surface area contributed by atoms with E-state index in [9.17, 15) is 4.79 Å². The molecule has 0 N–H and O–H groups in total. The van der Waals surface area contributed by atoms with Crippen molar-refractivity contribution in [1.29, 1.82) is 0 Å². The molecule has 152 valence electrons. The standard InChI is InChI=1S/C21H20N6OS2/c1-15-7-9-17(10-8-15)13-26-11-12-29-20(26)22-19(28)14-30-21-23-24-25-27(21)18-6-4-3-5-16(18)2/h3-12H,13-14H2,1-2H3. The number of rotatable bonds is 6. The number of nitrogens with zero attached hydrogens (tertiary/aromatic N) is 6. The molecule has 0 radical (unpaired) electrons. The van der Waals surface area contributed by atoms with Gasteiger partial charge in [-0.3, -0.25) is 4.79 Å². The number of hydrogen-bond donors (Lipinski definition) is 0. The first-order valence-corrected chi connectivity index (χ1v) is 11.2. The number of aromatic nitrogens is 5. The SMILES string of the molecule is Cc1ccc(Cn2ccsc2=NC(=O)CSc2nnnn2-c2ccccc2C)cc1. The van der Waals surface area contributed by atoms with Crippen molar-refractivity contribution in [3.05, 3.63) is 81.6 Å². The average Bonchev–Trinajstić information content (AvgIpc) is 3.38. The van der Waals surface area contributed by atoms with Crippen LogP contribution in [0.3, 0.4) is 0 Å². The Hall–Kier alpha value is -3.04. The highest BCUT2D eigenvalue weighted by Crippen LogP contribution is 2.20. The topological polar surface area (TPSA) is 78.0 Å². The molecule has 7 nitrogen and oxygen atoms in total. The number of amides is 1. The van der Waals surface area contributed by atoms with Gasteiger partial charge in [0.15, 0.2) is 4.80 Å². The molecule has 1 amide bonds. The second kappa shape index (κ2) is 9.19. The molecule has 4 rings (SSSR count). The maximum Gasteiger partial charge on any atom is 0.258 e. The zero-order chi connectivity index (χ0) is 20.9. The average molecular weight is 437 g/mol. The smallest absolute Gasteiger partial charge is 0.258 e. The van der Waals surface area contributed by atoms with Gasteiger partial charge in [0.25, 0.3) is 5.91 Å². The highest BCUT2D eigenvalue weighted by atomic mass is 32.2. The zero-order valence-electron chi connectivity index (χ0n) is 16.6. The molecule has 2 heterocycles. The monoisotopic (exact) mass is 436 g/mol. The van der Waals surface area contributed by atoms with Gasteiger partial charge in [0.05, 0.1) is 11.4 Å². The van der Waals surface area contributed by atoms with E-state index in [1.807, 2.05) is 47.3 Å². The van der Waals surface area contributed by atoms with E-state index in [4.69, 9.17) is 0 Å². The first kappa shape index (κ1) is 20.2. The second-order valence-corrected chi connectivity index (χ2v) is 8.57. The van der Waals surface area contributed by atoms with Crippen LogP contribution in [0.4, 0.5) is 0 Å². The van der Waals surface area contributed by atoms with E-state index in [0.29, 0.717) is 16.5 Å². The summed E-state index contributed by atoms with van der Waals surface area (Å²) in [5, 5.41) is 14.4. The highest BCUT2D eigenvalue weighted by Gasteiger charge is 2.13. The number of benzene rings is 2. The molecule has 0 aliphatic heterocycles. The molecule has 0 unspecified atom stereocenters. The van der Waals surface area contributed by atoms with Crippen molar-refractivity contribution >= 4 is 29.0 Å². The van der Waals surface area contributed by atoms with Crippen LogP contribution in [0.25, 0.3) is 5.69 Å². The lowest BCUT2D eigenvalue weighted by Gasteiger charge is -2.06. The number of para-hydroxylation sites is 1. The largest absolute Gasteiger partial charge is 0.319 e. The summed E-state index contributed by atoms with van der Waals surface area (Å²) >= 11 is 2.72. The molecular formula is C21H20N6OS2. The lowest BCUT2D eigenvalue weighted by atomic mass is 10.1. The van der Waals surface area contributed by atoms with Crippen LogP contribution in [0.1, 0.15) is 16.7 Å². The van der Waals surface area contributed by atoms with Crippen LogP contribution < -0.4 is 4.80 Å². The van der Waals surface area contributed by atoms with Crippen molar-refractivity contribution in [2.24, 2.45) is 4.99 Å². The number of aryl methyl sites for hydroxylation is 2. The summed E-state index contributed by atoms with van der Waals surface area (Å²) in [6.07, 6.45) is 1.95. The van der Waals surface area contributed by atoms with Crippen LogP contribution in [-0.2, 0) is 11.3 Å². The Morgan fingerprint density at radius 1 is 1.13 bits per heavy atom. The minimum absolute atomic E-state index is 0.161. The van der Waals surface area contributed by atoms with Crippen LogP contribution in [0.5, 0.6) is 0 Å². The Morgan fingerprint density at radius 3 is 2.73 bits per heavy atom. The third kappa shape index (κ3) is 4.74. The summed E-state index contributed by atoms with van der Waals surface area (Å²) in [6.45, 7) is 4.73. The van der Waals surface area contributed by atoms with E-state index in [2.05, 4.69) is 51.7 Å². The van der Waals surface area contributed by atoms with E-state index in [1.165, 1.54) is 34.2 Å². The molecule has 0 bridgehead atoms. The summed E-state index contributed by atoms with van der Waals surface area (Å²) in [5.74, 6) is -0.0613. The molecule has 0 spiro atoms. The van der Waals surface area contributed by atoms with Crippen molar-refractivity contribution in [3.8, 4) is 5.69 Å². The fourth-order valence-corrected chi connectivity index (χ4v) is 4.30. The van der Waals surface area contributed by atoms with E-state index in [-0.39, 0.29) is 11.7 Å². The fourth-order valence-electron chi connectivity index (χ4n) is 2.88. The lowest BCUT2D eigenvalue weighted by molar-refractivity contribution is -0.115. The predicted molar refractivity (Wildman–Crippen MR) is 118 cm³/mol. The minimum atomic E-state index is -0.223. The van der Waals surface area contributed by atoms with Gasteiger partial charge in [-0.1, -0.05) is 59.8 Å². The minimum Gasteiger partial charge on any atom is -0.319 e. The molecule has 9 heteroatoms. The molecule has 30 heavy (non-hydrogen) atoms. The van der Waals surface area contributed by atoms with Crippen LogP contribution in [-0.4, -0.2) is 36.4 Å². The second-order valence-electron chi connectivity index (χ2n) is 6.75. The molecule has 4 aromatic rings. The number of tetrazole rings is 1. The lowest BCUT2D eigenvalue weighted by Crippen LogP contribution is -2.17. The normalized spacial score (nSPS) is 11.7. The summed E-state index contributed by atoms with van der Waals surface area (Å²) in [5.41, 5.74) is 4.33. The zero-order valence-corrected chi connectivity index (χ0v) is 18.2. The van der Waals surface area contributed by atoms with Gasteiger partial charge in [0.2, 0.25) is 5.16 Å². The summed E-state index contributed by atoms with van der Waals surface area (Å²) in [7, 11) is 0. The number of thioether (sulfide) groups is 1. The molecule has 0 atom stereocenters. The predicted octanol–water partition coefficient (Wildman–Crippen LogP) is 3.41. The van der Waals surface area contributed by atoms with Crippen LogP contribution in [0.15, 0.2) is 70.3 Å². The fraction of sp³-hybridized carbons (Fsp3) is 0.190. The third-order valence-corrected chi connectivity index (χ3v) is 6.16. The number of carbonyl (C=O) groups excluding carboxylic acids is 1. The maximum absolute atomic E-state index is 12.5. The Balaban J connectivity index is 1.46. The first-order chi connectivity index (χ1) is 14.6. The number of carbonyl (C=O) groups is 1. The molecule has 0 saturated carbocycles. The maximum atomic E-state index is 12.5. The van der Waals surface area contributed by atoms with Gasteiger partial charge >= 0.3 is 0 Å². The van der Waals surface area contributed by atoms with Crippen LogP contribution in [0.2, 0.25) is 0 Å². The van der Waals surface area contributed by atoms with E-state index in [1.54, 1.807) is 4.68 Å². The van der Waals surface area contributed by atoms with E-state index in [0.717, 1.165) is 11.3 Å². The van der Waals surface area contributed by atoms with Crippen molar-refractivity contribution in [2.45, 2.75) is 25.5 Å². The third-order valence-electron chi connectivity index (χ3n) is 4.46. The van der Waals surface area contributed by atoms with Gasteiger partial charge in [-0.25, -0.2) is 0 Å². The van der Waals surface area contributed by atoms with Gasteiger partial charge in [-0.05, 0) is 41.5 Å². The van der Waals surface area contributed by atoms with Gasteiger partial charge in [-0.2, -0.15) is 9.67 Å². The highest BCUT2D eigenvalue weighted by molar-refractivity contribution is 7.99. The van der Waals surface area contributed by atoms with Crippen molar-refractivity contribution in [2.75, 3.05) is 5.75 Å². The Bertz CT molecular complexity index is 1220. The number of hydrogen-bond acceptors (Lipinski definition) is 6. The molecule has 0 saturated heterocycles. The van der Waals surface area contributed by atoms with Gasteiger partial charge < -0.3 is 4.57 Å². The molecule has 0 aliphatic carbocycles. The molecule has 0 aliphatic rings. The molecule has 2 aromatic heterocycles. The summed E-state index contributed by atoms with van der Waals surface area (Å²) < 4.78 is 3.63. The Labute approximate surface area is 182 Å². The first-order valence-electron chi connectivity index (χ1n) is 9.34. The molecular weight excluding hydrogens is 416 g/mol. The Kier molecular flexibility index (Phi) is 6.20. The van der Waals surface area contributed by atoms with Crippen LogP contribution in [0, 0.1) is 13.8 Å². The summed E-state index contributed by atoms with van der Waals surface area (Å²) in [6, 6.07) is 16.2. The quantitative estimate of drug-likeness (QED) is 0.433.